The number of hydrogen-bond donors (Lipinski definition) is 2. The van der Waals surface area contributed by atoms with Crippen LogP contribution in [0.2, 0.25) is 0 Å². The van der Waals surface area contributed by atoms with Gasteiger partial charge < -0.3 is 5.32 Å². The molecule has 27 heavy (non-hydrogen) atoms. The molecule has 1 heterocycles. The molecule has 2 aromatic carbocycles. The van der Waals surface area contributed by atoms with Crippen LogP contribution in [0.15, 0.2) is 48.5 Å². The Balaban J connectivity index is 1.71. The summed E-state index contributed by atoms with van der Waals surface area (Å²) in [7, 11) is 0. The number of aryl methyl sites for hydroxylation is 1. The zero-order chi connectivity index (χ0) is 18.8. The van der Waals surface area contributed by atoms with Gasteiger partial charge in [-0.05, 0) is 37.8 Å². The summed E-state index contributed by atoms with van der Waals surface area (Å²) in [5, 5.41) is 21.4. The first kappa shape index (κ1) is 17.0. The molecule has 0 atom stereocenters. The van der Waals surface area contributed by atoms with Gasteiger partial charge >= 0.3 is 0 Å². The number of fused-ring (bicyclic) bond motifs is 1. The van der Waals surface area contributed by atoms with E-state index in [9.17, 15) is 14.9 Å². The van der Waals surface area contributed by atoms with Gasteiger partial charge in [0.1, 0.15) is 5.69 Å². The highest BCUT2D eigenvalue weighted by molar-refractivity contribution is 6.09. The average Bonchev–Trinajstić information content (AvgIpc) is 3.12. The molecule has 0 saturated carbocycles. The third kappa shape index (κ3) is 3.19. The summed E-state index contributed by atoms with van der Waals surface area (Å²) in [6, 6.07) is 13.3. The van der Waals surface area contributed by atoms with Crippen molar-refractivity contribution in [3.8, 4) is 11.3 Å². The van der Waals surface area contributed by atoms with Gasteiger partial charge in [-0.2, -0.15) is 5.10 Å². The minimum absolute atomic E-state index is 0.138. The Kier molecular flexibility index (Phi) is 4.42. The molecule has 0 spiro atoms. The first-order chi connectivity index (χ1) is 13.1. The van der Waals surface area contributed by atoms with Gasteiger partial charge in [0.05, 0.1) is 10.6 Å². The first-order valence-corrected chi connectivity index (χ1v) is 8.85. The highest BCUT2D eigenvalue weighted by atomic mass is 16.6. The van der Waals surface area contributed by atoms with Crippen LogP contribution >= 0.6 is 0 Å². The predicted octanol–water partition coefficient (Wildman–Crippen LogP) is 4.12. The molecule has 0 saturated heterocycles. The van der Waals surface area contributed by atoms with Crippen LogP contribution in [0.4, 0.5) is 11.4 Å². The number of carbonyl (C=O) groups excluding carboxylic acids is 1. The number of rotatable bonds is 4. The van der Waals surface area contributed by atoms with Crippen molar-refractivity contribution < 1.29 is 9.72 Å². The number of nitro groups is 1. The lowest BCUT2D eigenvalue weighted by Gasteiger charge is -2.13. The normalized spacial score (nSPS) is 13.0. The molecular weight excluding hydrogens is 344 g/mol. The zero-order valence-corrected chi connectivity index (χ0v) is 14.6. The third-order valence-corrected chi connectivity index (χ3v) is 4.83. The molecule has 136 valence electrons. The fourth-order valence-electron chi connectivity index (χ4n) is 3.52. The number of nitrogens with zero attached hydrogens (tertiary/aromatic N) is 2. The second-order valence-electron chi connectivity index (χ2n) is 6.51. The van der Waals surface area contributed by atoms with Crippen molar-refractivity contribution in [2.45, 2.75) is 25.7 Å². The number of aromatic nitrogens is 2. The summed E-state index contributed by atoms with van der Waals surface area (Å²) in [6.45, 7) is 0. The molecule has 3 aromatic rings. The highest BCUT2D eigenvalue weighted by Crippen LogP contribution is 2.32. The van der Waals surface area contributed by atoms with Crippen LogP contribution in [0, 0.1) is 10.1 Å². The van der Waals surface area contributed by atoms with E-state index in [4.69, 9.17) is 0 Å². The summed E-state index contributed by atoms with van der Waals surface area (Å²) in [6.07, 6.45) is 4.13. The number of nitrogens with one attached hydrogen (secondary N) is 2. The standard InChI is InChI=1S/C20H18N4O3/c25-20(21-17-11-5-6-12-18(17)24(26)27)14-8-2-1-7-13(14)19-15-9-3-4-10-16(15)22-23-19/h1-2,5-8,11-12H,3-4,9-10H2,(H,21,25)(H,22,23). The number of amides is 1. The molecule has 4 rings (SSSR count). The van der Waals surface area contributed by atoms with Gasteiger partial charge in [-0.1, -0.05) is 30.3 Å². The maximum Gasteiger partial charge on any atom is 0.292 e. The van der Waals surface area contributed by atoms with E-state index in [2.05, 4.69) is 15.5 Å². The molecule has 0 bridgehead atoms. The zero-order valence-electron chi connectivity index (χ0n) is 14.6. The van der Waals surface area contributed by atoms with Crippen molar-refractivity contribution in [2.75, 3.05) is 5.32 Å². The number of H-pyrrole nitrogens is 1. The molecule has 0 radical (unpaired) electrons. The van der Waals surface area contributed by atoms with Crippen molar-refractivity contribution in [2.24, 2.45) is 0 Å². The largest absolute Gasteiger partial charge is 0.316 e. The average molecular weight is 362 g/mol. The van der Waals surface area contributed by atoms with E-state index in [-0.39, 0.29) is 11.4 Å². The SMILES string of the molecule is O=C(Nc1ccccc1[N+](=O)[O-])c1ccccc1-c1n[nH]c2c1CCCC2. The van der Waals surface area contributed by atoms with E-state index in [0.717, 1.165) is 48.2 Å². The molecule has 0 unspecified atom stereocenters. The van der Waals surface area contributed by atoms with Crippen LogP contribution in [-0.2, 0) is 12.8 Å². The van der Waals surface area contributed by atoms with Crippen LogP contribution in [0.3, 0.4) is 0 Å². The lowest BCUT2D eigenvalue weighted by molar-refractivity contribution is -0.383. The summed E-state index contributed by atoms with van der Waals surface area (Å²) in [5.41, 5.74) is 4.28. The van der Waals surface area contributed by atoms with E-state index in [1.807, 2.05) is 12.1 Å². The maximum atomic E-state index is 12.9. The third-order valence-electron chi connectivity index (χ3n) is 4.83. The highest BCUT2D eigenvalue weighted by Gasteiger charge is 2.23. The second-order valence-corrected chi connectivity index (χ2v) is 6.51. The Labute approximate surface area is 155 Å². The molecule has 7 heteroatoms. The van der Waals surface area contributed by atoms with Crippen molar-refractivity contribution >= 4 is 17.3 Å². The quantitative estimate of drug-likeness (QED) is 0.538. The smallest absolute Gasteiger partial charge is 0.292 e. The summed E-state index contributed by atoms with van der Waals surface area (Å²) in [5.74, 6) is -0.396. The molecule has 1 aliphatic rings. The molecule has 1 amide bonds. The van der Waals surface area contributed by atoms with Gasteiger partial charge in [-0.15, -0.1) is 0 Å². The Hall–Kier alpha value is -3.48. The molecular formula is C20H18N4O3. The molecule has 7 nitrogen and oxygen atoms in total. The van der Waals surface area contributed by atoms with Gasteiger partial charge in [0.2, 0.25) is 0 Å². The molecule has 1 aromatic heterocycles. The van der Waals surface area contributed by atoms with E-state index in [1.54, 1.807) is 24.3 Å². The van der Waals surface area contributed by atoms with Crippen LogP contribution in [-0.4, -0.2) is 21.0 Å². The second kappa shape index (κ2) is 7.03. The van der Waals surface area contributed by atoms with Gasteiger partial charge in [0, 0.05) is 28.5 Å². The van der Waals surface area contributed by atoms with E-state index in [0.29, 0.717) is 5.56 Å². The lowest BCUT2D eigenvalue weighted by Crippen LogP contribution is -2.14. The summed E-state index contributed by atoms with van der Waals surface area (Å²) in [4.78, 5) is 23.6. The van der Waals surface area contributed by atoms with Gasteiger partial charge in [-0.25, -0.2) is 0 Å². The Morgan fingerprint density at radius 2 is 1.81 bits per heavy atom. The lowest BCUT2D eigenvalue weighted by atomic mass is 9.92. The Bertz CT molecular complexity index is 1030. The van der Waals surface area contributed by atoms with Crippen LogP contribution in [0.5, 0.6) is 0 Å². The fourth-order valence-corrected chi connectivity index (χ4v) is 3.52. The Morgan fingerprint density at radius 3 is 2.67 bits per heavy atom. The summed E-state index contributed by atoms with van der Waals surface area (Å²) < 4.78 is 0. The Morgan fingerprint density at radius 1 is 1.07 bits per heavy atom. The number of benzene rings is 2. The number of nitro benzene ring substituents is 1. The number of anilines is 1. The minimum atomic E-state index is -0.508. The van der Waals surface area contributed by atoms with Crippen LogP contribution in [0.1, 0.15) is 34.5 Å². The molecule has 0 fully saturated rings. The first-order valence-electron chi connectivity index (χ1n) is 8.85. The van der Waals surface area contributed by atoms with E-state index in [1.165, 1.54) is 12.1 Å². The minimum Gasteiger partial charge on any atom is -0.316 e. The van der Waals surface area contributed by atoms with E-state index < -0.39 is 10.8 Å². The molecule has 2 N–H and O–H groups in total. The maximum absolute atomic E-state index is 12.9. The van der Waals surface area contributed by atoms with Crippen molar-refractivity contribution in [3.63, 3.8) is 0 Å². The topological polar surface area (TPSA) is 101 Å². The van der Waals surface area contributed by atoms with Gasteiger partial charge in [0.15, 0.2) is 0 Å². The van der Waals surface area contributed by atoms with Crippen molar-refractivity contribution in [3.05, 3.63) is 75.5 Å². The fraction of sp³-hybridized carbons (Fsp3) is 0.200. The number of hydrogen-bond acceptors (Lipinski definition) is 4. The predicted molar refractivity (Wildman–Crippen MR) is 102 cm³/mol. The van der Waals surface area contributed by atoms with Gasteiger partial charge in [-0.3, -0.25) is 20.0 Å². The van der Waals surface area contributed by atoms with Crippen molar-refractivity contribution in [1.29, 1.82) is 0 Å². The van der Waals surface area contributed by atoms with Crippen molar-refractivity contribution in [1.82, 2.24) is 10.2 Å². The molecule has 1 aliphatic carbocycles. The van der Waals surface area contributed by atoms with E-state index >= 15 is 0 Å². The molecule has 0 aliphatic heterocycles. The monoisotopic (exact) mass is 362 g/mol. The van der Waals surface area contributed by atoms with Gasteiger partial charge in [0.25, 0.3) is 11.6 Å². The van der Waals surface area contributed by atoms with Crippen LogP contribution < -0.4 is 5.32 Å². The number of para-hydroxylation sites is 2. The van der Waals surface area contributed by atoms with Crippen LogP contribution in [0.25, 0.3) is 11.3 Å². The number of aromatic amines is 1. The number of carbonyl (C=O) groups is 1. The summed E-state index contributed by atoms with van der Waals surface area (Å²) >= 11 is 0.